The van der Waals surface area contributed by atoms with Crippen molar-refractivity contribution >= 4 is 11.0 Å². The maximum Gasteiger partial charge on any atom is 0.239 e. The van der Waals surface area contributed by atoms with Crippen LogP contribution >= 0.6 is 0 Å². The summed E-state index contributed by atoms with van der Waals surface area (Å²) in [5.74, 6) is -1.57. The molecule has 0 spiro atoms. The van der Waals surface area contributed by atoms with Gasteiger partial charge in [0, 0.05) is 17.7 Å². The van der Waals surface area contributed by atoms with Crippen LogP contribution in [-0.2, 0) is 23.7 Å². The van der Waals surface area contributed by atoms with Crippen LogP contribution in [-0.4, -0.2) is 165 Å². The number of aliphatic hydroxyl groups excluding tert-OH is 7. The van der Waals surface area contributed by atoms with Crippen molar-refractivity contribution in [1.82, 2.24) is 0 Å². The third-order valence-electron chi connectivity index (χ3n) is 9.26. The predicted molar refractivity (Wildman–Crippen MR) is 172 cm³/mol. The minimum atomic E-state index is -2.14. The quantitative estimate of drug-likeness (QED) is 0.0880. The zero-order valence-corrected chi connectivity index (χ0v) is 28.1. The van der Waals surface area contributed by atoms with Gasteiger partial charge in [0.15, 0.2) is 35.9 Å². The molecule has 0 aliphatic carbocycles. The largest absolute Gasteiger partial charge is 0.507 e. The van der Waals surface area contributed by atoms with E-state index < -0.39 is 117 Å². The summed E-state index contributed by atoms with van der Waals surface area (Å²) in [5, 5.41) is 103. The molecule has 2 aromatic carbocycles. The molecule has 3 aromatic rings. The van der Waals surface area contributed by atoms with Crippen LogP contribution in [0.1, 0.15) is 0 Å². The summed E-state index contributed by atoms with van der Waals surface area (Å²) < 4.78 is 50.6. The Hall–Kier alpha value is -3.87. The summed E-state index contributed by atoms with van der Waals surface area (Å²) in [6, 6.07) is 6.42. The maximum atomic E-state index is 14.1. The fourth-order valence-corrected chi connectivity index (χ4v) is 6.15. The highest BCUT2D eigenvalue weighted by atomic mass is 16.8. The van der Waals surface area contributed by atoms with Crippen molar-refractivity contribution in [3.8, 4) is 40.1 Å². The third kappa shape index (κ3) is 7.22. The summed E-state index contributed by atoms with van der Waals surface area (Å²) in [7, 11) is 2.62. The van der Waals surface area contributed by atoms with Crippen LogP contribution in [0.25, 0.3) is 22.3 Å². The Morgan fingerprint density at radius 3 is 2.25 bits per heavy atom. The molecule has 53 heavy (non-hydrogen) atoms. The number of aromatic hydroxyl groups is 2. The predicted octanol–water partition coefficient (Wildman–Crippen LogP) is -3.00. The van der Waals surface area contributed by atoms with Crippen LogP contribution in [0.15, 0.2) is 39.5 Å². The standard InChI is InChI=1S/C33H40O20/c1-45-13-6-15(37)20-17(7-13)49-26(12-3-4-14(36)16(5-12)46-2)27(23(20)40)52-31-28(53-32-29(43)33(44,10-35)11-48-32)22(39)19(51-31)9-47-30-25(42)24(41)21(38)18(8-34)50-30/h3-7,18-19,21-22,24-25,28-32,34-39,41-44H,8-11H2,1-2H3/t18?,19-,21+,22?,24-,25?,28-,29+,30+,31-,32-,33?/m0/s1. The summed E-state index contributed by atoms with van der Waals surface area (Å²) in [6.07, 6.45) is -18.4. The Morgan fingerprint density at radius 1 is 0.849 bits per heavy atom. The average molecular weight is 757 g/mol. The zero-order chi connectivity index (χ0) is 38.4. The van der Waals surface area contributed by atoms with Gasteiger partial charge < -0.3 is 93.4 Å². The van der Waals surface area contributed by atoms with E-state index in [4.69, 9.17) is 42.3 Å². The number of hydrogen-bond donors (Lipinski definition) is 10. The number of fused-ring (bicyclic) bond motifs is 1. The van der Waals surface area contributed by atoms with Gasteiger partial charge in [-0.2, -0.15) is 0 Å². The monoisotopic (exact) mass is 756 g/mol. The van der Waals surface area contributed by atoms with E-state index in [0.717, 1.165) is 6.07 Å². The molecule has 3 saturated heterocycles. The van der Waals surface area contributed by atoms with Crippen LogP contribution in [0.2, 0.25) is 0 Å². The van der Waals surface area contributed by atoms with Crippen molar-refractivity contribution < 1.29 is 93.4 Å². The Labute approximate surface area is 299 Å². The topological polar surface area (TPSA) is 306 Å². The molecule has 3 aliphatic rings. The fraction of sp³-hybridized carbons (Fsp3) is 0.545. The SMILES string of the molecule is COc1cc(O)c2c(=O)c(O[C@@H]3O[C@@H](CO[C@@H]4OC(CO)[C@@H](O)[C@H](O)C4O)C(O)[C@@H]3O[C@@H]3OCC(O)(CO)[C@@H]3O)c(-c3ccc(O)c(OC)c3)oc2c1. The first-order chi connectivity index (χ1) is 25.2. The molecule has 4 unspecified atom stereocenters. The molecule has 20 heteroatoms. The number of phenols is 2. The number of aliphatic hydroxyl groups is 8. The molecule has 292 valence electrons. The van der Waals surface area contributed by atoms with E-state index in [0.29, 0.717) is 0 Å². The van der Waals surface area contributed by atoms with Crippen molar-refractivity contribution in [2.45, 2.75) is 73.3 Å². The van der Waals surface area contributed by atoms with Gasteiger partial charge in [0.2, 0.25) is 17.5 Å². The number of rotatable bonds is 12. The Morgan fingerprint density at radius 2 is 1.58 bits per heavy atom. The first kappa shape index (κ1) is 38.8. The summed E-state index contributed by atoms with van der Waals surface area (Å²) >= 11 is 0. The highest BCUT2D eigenvalue weighted by Gasteiger charge is 2.54. The fourth-order valence-electron chi connectivity index (χ4n) is 6.15. The van der Waals surface area contributed by atoms with Crippen molar-refractivity contribution in [3.05, 3.63) is 40.6 Å². The van der Waals surface area contributed by atoms with Crippen molar-refractivity contribution in [2.75, 3.05) is 40.6 Å². The van der Waals surface area contributed by atoms with Gasteiger partial charge >= 0.3 is 0 Å². The molecule has 3 fully saturated rings. The van der Waals surface area contributed by atoms with Gasteiger partial charge in [0.1, 0.15) is 70.8 Å². The highest BCUT2D eigenvalue weighted by molar-refractivity contribution is 5.88. The summed E-state index contributed by atoms with van der Waals surface area (Å²) in [6.45, 7) is -2.86. The second-order valence-corrected chi connectivity index (χ2v) is 12.7. The molecule has 6 rings (SSSR count). The van der Waals surface area contributed by atoms with Crippen molar-refractivity contribution in [3.63, 3.8) is 0 Å². The van der Waals surface area contributed by atoms with Gasteiger partial charge in [-0.1, -0.05) is 0 Å². The minimum Gasteiger partial charge on any atom is -0.507 e. The van der Waals surface area contributed by atoms with E-state index in [-0.39, 0.29) is 39.5 Å². The van der Waals surface area contributed by atoms with Crippen LogP contribution in [0.5, 0.6) is 28.7 Å². The van der Waals surface area contributed by atoms with Gasteiger partial charge in [0.05, 0.1) is 40.6 Å². The molecular formula is C33H40O20. The number of methoxy groups -OCH3 is 2. The molecule has 0 radical (unpaired) electrons. The molecule has 0 amide bonds. The lowest BCUT2D eigenvalue weighted by molar-refractivity contribution is -0.306. The second-order valence-electron chi connectivity index (χ2n) is 12.7. The van der Waals surface area contributed by atoms with Crippen LogP contribution < -0.4 is 19.6 Å². The van der Waals surface area contributed by atoms with E-state index in [1.807, 2.05) is 0 Å². The molecule has 1 aromatic heterocycles. The van der Waals surface area contributed by atoms with Gasteiger partial charge in [-0.25, -0.2) is 0 Å². The second kappa shape index (κ2) is 15.5. The van der Waals surface area contributed by atoms with E-state index in [2.05, 4.69) is 0 Å². The molecule has 0 bridgehead atoms. The van der Waals surface area contributed by atoms with Gasteiger partial charge in [-0.05, 0) is 18.2 Å². The molecule has 0 saturated carbocycles. The lowest BCUT2D eigenvalue weighted by Crippen LogP contribution is -2.59. The minimum absolute atomic E-state index is 0.0208. The Balaban J connectivity index is 1.38. The van der Waals surface area contributed by atoms with Gasteiger partial charge in [-0.15, -0.1) is 0 Å². The van der Waals surface area contributed by atoms with E-state index >= 15 is 0 Å². The number of hydrogen-bond acceptors (Lipinski definition) is 20. The molecule has 12 atom stereocenters. The van der Waals surface area contributed by atoms with Crippen LogP contribution in [0, 0.1) is 0 Å². The lowest BCUT2D eigenvalue weighted by Gasteiger charge is -2.39. The molecule has 4 heterocycles. The van der Waals surface area contributed by atoms with Gasteiger partial charge in [0.25, 0.3) is 0 Å². The zero-order valence-electron chi connectivity index (χ0n) is 28.1. The number of benzene rings is 2. The van der Waals surface area contributed by atoms with E-state index in [1.165, 1.54) is 38.5 Å². The Bertz CT molecular complexity index is 1820. The summed E-state index contributed by atoms with van der Waals surface area (Å²) in [4.78, 5) is 14.1. The van der Waals surface area contributed by atoms with Crippen molar-refractivity contribution in [1.29, 1.82) is 0 Å². The third-order valence-corrected chi connectivity index (χ3v) is 9.26. The molecule has 3 aliphatic heterocycles. The van der Waals surface area contributed by atoms with E-state index in [1.54, 1.807) is 0 Å². The lowest BCUT2D eigenvalue weighted by atomic mass is 9.99. The Kier molecular flexibility index (Phi) is 11.3. The van der Waals surface area contributed by atoms with Gasteiger partial charge in [-0.3, -0.25) is 4.79 Å². The normalized spacial score (nSPS) is 34.4. The molecular weight excluding hydrogens is 716 g/mol. The highest BCUT2D eigenvalue weighted by Crippen LogP contribution is 2.41. The van der Waals surface area contributed by atoms with Crippen molar-refractivity contribution in [2.24, 2.45) is 0 Å². The first-order valence-corrected chi connectivity index (χ1v) is 16.2. The smallest absolute Gasteiger partial charge is 0.239 e. The number of phenolic OH excluding ortho intramolecular Hbond substituents is 2. The average Bonchev–Trinajstić information content (AvgIpc) is 3.60. The number of ether oxygens (including phenoxy) is 8. The maximum absolute atomic E-state index is 14.1. The van der Waals surface area contributed by atoms with E-state index in [9.17, 15) is 55.9 Å². The van der Waals surface area contributed by atoms with Crippen LogP contribution in [0.3, 0.4) is 0 Å². The summed E-state index contributed by atoms with van der Waals surface area (Å²) in [5.41, 5.74) is -3.10. The molecule has 10 N–H and O–H groups in total. The molecule has 20 nitrogen and oxygen atoms in total. The van der Waals surface area contributed by atoms with Crippen LogP contribution in [0.4, 0.5) is 0 Å². The first-order valence-electron chi connectivity index (χ1n) is 16.2.